The van der Waals surface area contributed by atoms with Crippen molar-refractivity contribution in [2.75, 3.05) is 0 Å². The van der Waals surface area contributed by atoms with Crippen molar-refractivity contribution >= 4 is 43.5 Å². The van der Waals surface area contributed by atoms with Crippen molar-refractivity contribution in [3.63, 3.8) is 0 Å². The molecule has 0 spiro atoms. The zero-order chi connectivity index (χ0) is 43.1. The number of nitriles is 2. The summed E-state index contributed by atoms with van der Waals surface area (Å²) in [6.07, 6.45) is 12.0. The molecule has 2 atom stereocenters. The molecular formula is C51H38Br2N10. The number of aromatic nitrogens is 4. The minimum Gasteiger partial charge on any atom is -0.383 e. The lowest BCUT2D eigenvalue weighted by Crippen LogP contribution is -2.25. The molecule has 2 unspecified atom stereocenters. The molecule has 4 N–H and O–H groups in total. The van der Waals surface area contributed by atoms with Gasteiger partial charge < -0.3 is 11.5 Å². The van der Waals surface area contributed by atoms with Crippen LogP contribution in [-0.2, 0) is 11.1 Å². The molecule has 4 aromatic heterocycles. The zero-order valence-electron chi connectivity index (χ0n) is 32.8. The Kier molecular flexibility index (Phi) is 13.1. The highest BCUT2D eigenvalue weighted by Gasteiger charge is 2.44. The minimum atomic E-state index is -0.764. The highest BCUT2D eigenvalue weighted by molar-refractivity contribution is 9.10. The van der Waals surface area contributed by atoms with E-state index in [2.05, 4.69) is 94.3 Å². The molecule has 12 heteroatoms. The lowest BCUT2D eigenvalue weighted by molar-refractivity contribution is 0.670. The van der Waals surface area contributed by atoms with Crippen LogP contribution in [0.5, 0.6) is 0 Å². The maximum absolute atomic E-state index is 9.24. The lowest BCUT2D eigenvalue weighted by Gasteiger charge is -2.29. The summed E-state index contributed by atoms with van der Waals surface area (Å²) >= 11 is 6.72. The summed E-state index contributed by atoms with van der Waals surface area (Å²) in [5.41, 5.74) is 22.4. The molecule has 0 bridgehead atoms. The second-order valence-electron chi connectivity index (χ2n) is 14.1. The van der Waals surface area contributed by atoms with Crippen LogP contribution in [0.4, 0.5) is 0 Å². The van der Waals surface area contributed by atoms with Crippen LogP contribution in [0.15, 0.2) is 202 Å². The van der Waals surface area contributed by atoms with Gasteiger partial charge in [-0.2, -0.15) is 10.5 Å². The normalized spacial score (nSPS) is 16.4. The predicted molar refractivity (Wildman–Crippen MR) is 254 cm³/mol. The van der Waals surface area contributed by atoms with E-state index in [1.165, 1.54) is 6.20 Å². The maximum atomic E-state index is 9.24. The summed E-state index contributed by atoms with van der Waals surface area (Å²) in [4.78, 5) is 26.3. The van der Waals surface area contributed by atoms with E-state index in [0.29, 0.717) is 22.8 Å². The van der Waals surface area contributed by atoms with Crippen LogP contribution in [0.25, 0.3) is 11.1 Å². The summed E-state index contributed by atoms with van der Waals surface area (Å²) in [6.45, 7) is 0. The first-order chi connectivity index (χ1) is 30.3. The molecule has 2 aliphatic heterocycles. The summed E-state index contributed by atoms with van der Waals surface area (Å²) in [5, 5.41) is 17.6. The Bertz CT molecular complexity index is 3050. The van der Waals surface area contributed by atoms with E-state index in [-0.39, 0.29) is 7.43 Å². The number of hydrogen-bond acceptors (Lipinski definition) is 10. The Hall–Kier alpha value is -7.64. The Morgan fingerprint density at radius 1 is 0.476 bits per heavy atom. The Labute approximate surface area is 382 Å². The molecular weight excluding hydrogens is 912 g/mol. The molecule has 10 rings (SSSR count). The van der Waals surface area contributed by atoms with Crippen LogP contribution >= 0.6 is 31.9 Å². The topological polar surface area (TPSA) is 176 Å². The number of hydrogen-bond donors (Lipinski definition) is 2. The summed E-state index contributed by atoms with van der Waals surface area (Å²) < 4.78 is 1.77. The van der Waals surface area contributed by atoms with Gasteiger partial charge in [-0.1, -0.05) is 102 Å². The van der Waals surface area contributed by atoms with Crippen LogP contribution < -0.4 is 11.5 Å². The molecule has 306 valence electrons. The summed E-state index contributed by atoms with van der Waals surface area (Å²) in [5.74, 6) is 1.08. The van der Waals surface area contributed by atoms with Crippen molar-refractivity contribution in [2.45, 2.75) is 18.5 Å². The number of nitrogens with two attached hydrogens (primary N) is 2. The summed E-state index contributed by atoms with van der Waals surface area (Å²) in [7, 11) is 0. The first kappa shape index (κ1) is 43.4. The van der Waals surface area contributed by atoms with Gasteiger partial charge in [0.1, 0.15) is 39.5 Å². The standard InChI is InChI=1S/C25H17N5.C19H14BrN3.C6H3BrN2.CH4/c26-14-17-12-19(16-29-15-17)18-4-3-5-21(13-18)25(20-8-10-28-11-9-20)23-7-2-1-6-22(23)24(27)30-25;20-15-5-3-4-14(12-15)19(13-8-10-22-11-9-13)17-7-2-1-6-16(17)18(21)23-19;7-6-2-1-5(3-8)4-9-6;/h1-13,15-16H,(H2,27,30);1-12H,(H2,21,23);1-2,4H;1H4. The molecule has 0 saturated carbocycles. The van der Waals surface area contributed by atoms with Crippen LogP contribution in [0.2, 0.25) is 0 Å². The van der Waals surface area contributed by atoms with Crippen molar-refractivity contribution in [3.05, 3.63) is 248 Å². The second kappa shape index (κ2) is 19.0. The van der Waals surface area contributed by atoms with Crippen LogP contribution in [0, 0.1) is 22.7 Å². The molecule has 0 saturated heterocycles. The molecule has 0 fully saturated rings. The highest BCUT2D eigenvalue weighted by Crippen LogP contribution is 2.47. The largest absolute Gasteiger partial charge is 0.383 e. The number of benzene rings is 4. The Morgan fingerprint density at radius 2 is 1.02 bits per heavy atom. The number of amidine groups is 2. The van der Waals surface area contributed by atoms with Crippen molar-refractivity contribution < 1.29 is 0 Å². The van der Waals surface area contributed by atoms with E-state index in [1.807, 2.05) is 97.1 Å². The van der Waals surface area contributed by atoms with Crippen LogP contribution in [-0.4, -0.2) is 31.6 Å². The number of pyridine rings is 4. The average molecular weight is 951 g/mol. The average Bonchev–Trinajstić information content (AvgIpc) is 3.82. The van der Waals surface area contributed by atoms with E-state index < -0.39 is 11.1 Å². The fourth-order valence-corrected chi connectivity index (χ4v) is 8.42. The van der Waals surface area contributed by atoms with E-state index in [1.54, 1.807) is 49.3 Å². The van der Waals surface area contributed by atoms with Gasteiger partial charge in [-0.3, -0.25) is 15.0 Å². The molecule has 4 aromatic carbocycles. The van der Waals surface area contributed by atoms with E-state index in [4.69, 9.17) is 26.7 Å². The molecule has 0 radical (unpaired) electrons. The second-order valence-corrected chi connectivity index (χ2v) is 15.9. The summed E-state index contributed by atoms with van der Waals surface area (Å²) in [6, 6.07) is 49.9. The Balaban J connectivity index is 0.000000159. The first-order valence-corrected chi connectivity index (χ1v) is 20.8. The third kappa shape index (κ3) is 8.51. The van der Waals surface area contributed by atoms with Crippen molar-refractivity contribution in [3.8, 4) is 23.3 Å². The third-order valence-corrected chi connectivity index (χ3v) is 11.5. The lowest BCUT2D eigenvalue weighted by atomic mass is 9.77. The monoisotopic (exact) mass is 948 g/mol. The number of halogens is 2. The van der Waals surface area contributed by atoms with Gasteiger partial charge in [0.15, 0.2) is 0 Å². The van der Waals surface area contributed by atoms with Crippen molar-refractivity contribution in [1.82, 2.24) is 19.9 Å². The van der Waals surface area contributed by atoms with Gasteiger partial charge in [-0.05, 0) is 116 Å². The van der Waals surface area contributed by atoms with Gasteiger partial charge in [-0.25, -0.2) is 15.0 Å². The van der Waals surface area contributed by atoms with E-state index in [0.717, 1.165) is 64.7 Å². The molecule has 0 aliphatic carbocycles. The smallest absolute Gasteiger partial charge is 0.139 e. The van der Waals surface area contributed by atoms with Crippen LogP contribution in [0.3, 0.4) is 0 Å². The van der Waals surface area contributed by atoms with Crippen molar-refractivity contribution in [1.29, 1.82) is 10.5 Å². The van der Waals surface area contributed by atoms with Gasteiger partial charge in [0.05, 0.1) is 11.1 Å². The van der Waals surface area contributed by atoms with E-state index in [9.17, 15) is 5.26 Å². The molecule has 0 amide bonds. The fraction of sp³-hybridized carbons (Fsp3) is 0.0588. The van der Waals surface area contributed by atoms with Gasteiger partial charge in [0.2, 0.25) is 0 Å². The first-order valence-electron chi connectivity index (χ1n) is 19.2. The molecule has 6 heterocycles. The predicted octanol–water partition coefficient (Wildman–Crippen LogP) is 10.2. The van der Waals surface area contributed by atoms with Crippen molar-refractivity contribution in [2.24, 2.45) is 21.5 Å². The SMILES string of the molecule is C.N#Cc1ccc(Br)nc1.N#Cc1cncc(-c2cccc(C3(c4ccncc4)N=C(N)c4ccccc43)c2)c1.NC1=NC(c2ccncc2)(c2cccc(Br)c2)c2ccccc21. The van der Waals surface area contributed by atoms with Gasteiger partial charge in [-0.15, -0.1) is 0 Å². The highest BCUT2D eigenvalue weighted by atomic mass is 79.9. The zero-order valence-corrected chi connectivity index (χ0v) is 36.0. The van der Waals surface area contributed by atoms with Crippen LogP contribution in [0.1, 0.15) is 63.1 Å². The molecule has 2 aliphatic rings. The molecule has 10 nitrogen and oxygen atoms in total. The number of rotatable bonds is 5. The maximum Gasteiger partial charge on any atom is 0.139 e. The van der Waals surface area contributed by atoms with Gasteiger partial charge in [0, 0.05) is 64.5 Å². The number of fused-ring (bicyclic) bond motifs is 2. The van der Waals surface area contributed by atoms with Gasteiger partial charge >= 0.3 is 0 Å². The fourth-order valence-electron chi connectivity index (χ4n) is 7.78. The molecule has 8 aromatic rings. The molecule has 63 heavy (non-hydrogen) atoms. The third-order valence-electron chi connectivity index (χ3n) is 10.5. The minimum absolute atomic E-state index is 0. The number of aliphatic imine (C=N–C) groups is 2. The van der Waals surface area contributed by atoms with E-state index >= 15 is 0 Å². The Morgan fingerprint density at radius 3 is 1.54 bits per heavy atom. The number of nitrogens with zero attached hydrogens (tertiary/aromatic N) is 8. The quantitative estimate of drug-likeness (QED) is 0.160. The van der Waals surface area contributed by atoms with Gasteiger partial charge in [0.25, 0.3) is 0 Å².